The lowest BCUT2D eigenvalue weighted by atomic mass is 10.1. The minimum atomic E-state index is -0.732. The number of aliphatic hydroxyl groups excluding tert-OH is 1. The fraction of sp³-hybridized carbons (Fsp3) is 0.185. The van der Waals surface area contributed by atoms with E-state index >= 15 is 0 Å². The van der Waals surface area contributed by atoms with Gasteiger partial charge in [-0.1, -0.05) is 66.7 Å². The summed E-state index contributed by atoms with van der Waals surface area (Å²) in [6.07, 6.45) is 3.41. The van der Waals surface area contributed by atoms with Crippen LogP contribution in [-0.4, -0.2) is 41.0 Å². The normalized spacial score (nSPS) is 11.8. The maximum atomic E-state index is 12.7. The third kappa shape index (κ3) is 7.94. The van der Waals surface area contributed by atoms with Crippen molar-refractivity contribution in [3.8, 4) is 0 Å². The lowest BCUT2D eigenvalue weighted by molar-refractivity contribution is -0.135. The Bertz CT molecular complexity index is 1080. The first-order valence-electron chi connectivity index (χ1n) is 10.8. The number of nitrogens with zero attached hydrogens (tertiary/aromatic N) is 1. The predicted molar refractivity (Wildman–Crippen MR) is 133 cm³/mol. The molecule has 0 aromatic heterocycles. The Kier molecular flexibility index (Phi) is 8.38. The van der Waals surface area contributed by atoms with E-state index in [9.17, 15) is 14.7 Å². The highest BCUT2D eigenvalue weighted by molar-refractivity contribution is 5.95. The van der Waals surface area contributed by atoms with E-state index < -0.39 is 6.10 Å². The maximum Gasteiger partial charge on any atom is 0.243 e. The van der Waals surface area contributed by atoms with Gasteiger partial charge in [-0.25, -0.2) is 0 Å². The third-order valence-corrected chi connectivity index (χ3v) is 4.97. The van der Waals surface area contributed by atoms with Crippen molar-refractivity contribution in [2.45, 2.75) is 19.4 Å². The standard InChI is InChI=1S/C27H29N3O3/c1-20(31)18-30(27(33)17-23-5-3-2-4-6-23)19-26(32)29-25-15-11-22(12-16-25)8-7-21-9-13-24(28)14-10-21/h2-16,20,31H,17-19,28H2,1H3,(H,29,32)/b8-7+/t20-/m1/s1. The molecule has 1 atom stereocenters. The molecule has 170 valence electrons. The fourth-order valence-electron chi connectivity index (χ4n) is 3.31. The molecular weight excluding hydrogens is 414 g/mol. The van der Waals surface area contributed by atoms with Crippen LogP contribution in [0.5, 0.6) is 0 Å². The van der Waals surface area contributed by atoms with Crippen molar-refractivity contribution in [2.75, 3.05) is 24.1 Å². The highest BCUT2D eigenvalue weighted by Gasteiger charge is 2.19. The molecule has 2 amide bonds. The van der Waals surface area contributed by atoms with Crippen molar-refractivity contribution < 1.29 is 14.7 Å². The van der Waals surface area contributed by atoms with Gasteiger partial charge in [-0.3, -0.25) is 9.59 Å². The first kappa shape index (κ1) is 23.8. The predicted octanol–water partition coefficient (Wildman–Crippen LogP) is 3.83. The fourth-order valence-corrected chi connectivity index (χ4v) is 3.31. The molecule has 0 unspecified atom stereocenters. The van der Waals surface area contributed by atoms with Gasteiger partial charge in [0.1, 0.15) is 0 Å². The molecule has 6 nitrogen and oxygen atoms in total. The molecule has 0 bridgehead atoms. The van der Waals surface area contributed by atoms with Crippen molar-refractivity contribution in [2.24, 2.45) is 0 Å². The van der Waals surface area contributed by atoms with Gasteiger partial charge >= 0.3 is 0 Å². The summed E-state index contributed by atoms with van der Waals surface area (Å²) in [5.74, 6) is -0.525. The van der Waals surface area contributed by atoms with Gasteiger partial charge in [0, 0.05) is 17.9 Å². The molecular formula is C27H29N3O3. The number of nitrogen functional groups attached to an aromatic ring is 1. The smallest absolute Gasteiger partial charge is 0.243 e. The average Bonchev–Trinajstić information content (AvgIpc) is 2.79. The van der Waals surface area contributed by atoms with Crippen LogP contribution in [0.25, 0.3) is 12.2 Å². The zero-order valence-electron chi connectivity index (χ0n) is 18.6. The minimum absolute atomic E-state index is 0.0912. The van der Waals surface area contributed by atoms with Crippen LogP contribution in [0.4, 0.5) is 11.4 Å². The molecule has 33 heavy (non-hydrogen) atoms. The summed E-state index contributed by atoms with van der Waals surface area (Å²) in [7, 11) is 0. The minimum Gasteiger partial charge on any atom is -0.399 e. The molecule has 0 saturated carbocycles. The summed E-state index contributed by atoms with van der Waals surface area (Å²) in [4.78, 5) is 26.7. The second-order valence-corrected chi connectivity index (χ2v) is 7.96. The van der Waals surface area contributed by atoms with Crippen molar-refractivity contribution in [1.82, 2.24) is 4.90 Å². The lowest BCUT2D eigenvalue weighted by Crippen LogP contribution is -2.42. The maximum absolute atomic E-state index is 12.7. The lowest BCUT2D eigenvalue weighted by Gasteiger charge is -2.23. The van der Waals surface area contributed by atoms with E-state index in [2.05, 4.69) is 5.32 Å². The van der Waals surface area contributed by atoms with Crippen LogP contribution in [0.1, 0.15) is 23.6 Å². The molecule has 0 radical (unpaired) electrons. The van der Waals surface area contributed by atoms with Crippen LogP contribution in [-0.2, 0) is 16.0 Å². The van der Waals surface area contributed by atoms with Crippen LogP contribution in [0.2, 0.25) is 0 Å². The molecule has 4 N–H and O–H groups in total. The Morgan fingerprint density at radius 3 is 2.09 bits per heavy atom. The summed E-state index contributed by atoms with van der Waals surface area (Å²) in [6.45, 7) is 1.56. The first-order valence-corrected chi connectivity index (χ1v) is 10.8. The van der Waals surface area contributed by atoms with Crippen LogP contribution in [0, 0.1) is 0 Å². The summed E-state index contributed by atoms with van der Waals surface area (Å²) < 4.78 is 0. The van der Waals surface area contributed by atoms with Crippen LogP contribution in [0.3, 0.4) is 0 Å². The molecule has 0 aliphatic rings. The first-order chi connectivity index (χ1) is 15.9. The monoisotopic (exact) mass is 443 g/mol. The van der Waals surface area contributed by atoms with Gasteiger partial charge in [0.05, 0.1) is 19.1 Å². The molecule has 0 saturated heterocycles. The second kappa shape index (κ2) is 11.6. The highest BCUT2D eigenvalue weighted by Crippen LogP contribution is 2.14. The highest BCUT2D eigenvalue weighted by atomic mass is 16.3. The Hall–Kier alpha value is -3.90. The van der Waals surface area contributed by atoms with Gasteiger partial charge in [0.15, 0.2) is 0 Å². The van der Waals surface area contributed by atoms with Gasteiger partial charge < -0.3 is 21.1 Å². The van der Waals surface area contributed by atoms with Crippen LogP contribution in [0.15, 0.2) is 78.9 Å². The van der Waals surface area contributed by atoms with Gasteiger partial charge in [0.2, 0.25) is 11.8 Å². The number of carbonyl (C=O) groups is 2. The topological polar surface area (TPSA) is 95.7 Å². The number of nitrogens with one attached hydrogen (secondary N) is 1. The number of rotatable bonds is 9. The van der Waals surface area contributed by atoms with Crippen LogP contribution >= 0.6 is 0 Å². The van der Waals surface area contributed by atoms with E-state index in [0.717, 1.165) is 22.4 Å². The Morgan fingerprint density at radius 2 is 1.52 bits per heavy atom. The zero-order chi connectivity index (χ0) is 23.6. The van der Waals surface area contributed by atoms with Gasteiger partial charge in [0.25, 0.3) is 0 Å². The van der Waals surface area contributed by atoms with Crippen LogP contribution < -0.4 is 11.1 Å². The summed E-state index contributed by atoms with van der Waals surface area (Å²) in [5, 5.41) is 12.6. The number of benzene rings is 3. The zero-order valence-corrected chi connectivity index (χ0v) is 18.6. The van der Waals surface area contributed by atoms with Gasteiger partial charge in [-0.05, 0) is 47.9 Å². The average molecular weight is 444 g/mol. The number of hydrogen-bond donors (Lipinski definition) is 3. The van der Waals surface area contributed by atoms with E-state index in [1.165, 1.54) is 4.90 Å². The number of aliphatic hydroxyl groups is 1. The van der Waals surface area contributed by atoms with E-state index in [4.69, 9.17) is 5.73 Å². The van der Waals surface area contributed by atoms with E-state index in [0.29, 0.717) is 5.69 Å². The Morgan fingerprint density at radius 1 is 0.939 bits per heavy atom. The molecule has 3 aromatic rings. The molecule has 0 spiro atoms. The van der Waals surface area contributed by atoms with Crippen molar-refractivity contribution in [1.29, 1.82) is 0 Å². The molecule has 0 heterocycles. The second-order valence-electron chi connectivity index (χ2n) is 7.96. The molecule has 3 rings (SSSR count). The molecule has 0 fully saturated rings. The summed E-state index contributed by atoms with van der Waals surface area (Å²) in [6, 6.07) is 24.3. The Balaban J connectivity index is 1.57. The van der Waals surface area contributed by atoms with Crippen molar-refractivity contribution in [3.05, 3.63) is 95.6 Å². The summed E-state index contributed by atoms with van der Waals surface area (Å²) in [5.41, 5.74) is 9.95. The van der Waals surface area contributed by atoms with Crippen molar-refractivity contribution >= 4 is 35.3 Å². The van der Waals surface area contributed by atoms with Gasteiger partial charge in [-0.15, -0.1) is 0 Å². The Labute approximate surface area is 194 Å². The van der Waals surface area contributed by atoms with E-state index in [1.807, 2.05) is 91.0 Å². The largest absolute Gasteiger partial charge is 0.399 e. The number of anilines is 2. The molecule has 0 aliphatic heterocycles. The SMILES string of the molecule is C[C@@H](O)CN(CC(=O)Nc1ccc(/C=C/c2ccc(N)cc2)cc1)C(=O)Cc1ccccc1. The number of amides is 2. The van der Waals surface area contributed by atoms with Crippen molar-refractivity contribution in [3.63, 3.8) is 0 Å². The number of carbonyl (C=O) groups excluding carboxylic acids is 2. The number of nitrogens with two attached hydrogens (primary N) is 1. The quantitative estimate of drug-likeness (QED) is 0.346. The van der Waals surface area contributed by atoms with E-state index in [-0.39, 0.29) is 31.3 Å². The third-order valence-electron chi connectivity index (χ3n) is 4.97. The number of hydrogen-bond acceptors (Lipinski definition) is 4. The summed E-state index contributed by atoms with van der Waals surface area (Å²) >= 11 is 0. The molecule has 6 heteroatoms. The van der Waals surface area contributed by atoms with E-state index in [1.54, 1.807) is 6.92 Å². The molecule has 3 aromatic carbocycles. The molecule has 0 aliphatic carbocycles. The van der Waals surface area contributed by atoms with Gasteiger partial charge in [-0.2, -0.15) is 0 Å².